The van der Waals surface area contributed by atoms with Gasteiger partial charge in [0.15, 0.2) is 0 Å². The number of aromatic amines is 1. The molecule has 0 aliphatic heterocycles. The molecule has 2 heterocycles. The van der Waals surface area contributed by atoms with Gasteiger partial charge in [-0.2, -0.15) is 0 Å². The number of hydrogen-bond acceptors (Lipinski definition) is 2. The molecule has 3 nitrogen and oxygen atoms in total. The van der Waals surface area contributed by atoms with Crippen LogP contribution in [0.1, 0.15) is 0 Å². The van der Waals surface area contributed by atoms with E-state index in [9.17, 15) is 0 Å². The molecule has 23 heavy (non-hydrogen) atoms. The SMILES string of the molecule is Clc1ccccc1Nc1ccc2cccc(-c3ccc[nH]3)c2n1. The lowest BCUT2D eigenvalue weighted by Crippen LogP contribution is -1.95. The maximum atomic E-state index is 6.21. The Balaban J connectivity index is 1.81. The quantitative estimate of drug-likeness (QED) is 0.514. The van der Waals surface area contributed by atoms with E-state index in [4.69, 9.17) is 16.6 Å². The number of anilines is 2. The molecule has 112 valence electrons. The highest BCUT2D eigenvalue weighted by molar-refractivity contribution is 6.33. The molecule has 0 radical (unpaired) electrons. The third-order valence-corrected chi connectivity index (χ3v) is 4.07. The second-order valence-electron chi connectivity index (χ2n) is 5.26. The van der Waals surface area contributed by atoms with E-state index in [1.807, 2.05) is 54.7 Å². The van der Waals surface area contributed by atoms with Crippen LogP contribution in [0.25, 0.3) is 22.2 Å². The van der Waals surface area contributed by atoms with E-state index in [2.05, 4.69) is 28.5 Å². The number of aromatic nitrogens is 2. The van der Waals surface area contributed by atoms with Crippen LogP contribution < -0.4 is 5.32 Å². The highest BCUT2D eigenvalue weighted by atomic mass is 35.5. The van der Waals surface area contributed by atoms with Gasteiger partial charge in [0.05, 0.1) is 16.2 Å². The molecular formula is C19H14ClN3. The number of halogens is 1. The molecule has 2 aromatic heterocycles. The van der Waals surface area contributed by atoms with Crippen LogP contribution in [0.5, 0.6) is 0 Å². The Kier molecular flexibility index (Phi) is 3.48. The first-order valence-electron chi connectivity index (χ1n) is 7.36. The molecule has 0 saturated carbocycles. The zero-order chi connectivity index (χ0) is 15.6. The van der Waals surface area contributed by atoms with E-state index in [1.54, 1.807) is 0 Å². The van der Waals surface area contributed by atoms with Crippen LogP contribution in [0.3, 0.4) is 0 Å². The summed E-state index contributed by atoms with van der Waals surface area (Å²) in [5.41, 5.74) is 3.93. The Hall–Kier alpha value is -2.78. The third kappa shape index (κ3) is 2.67. The zero-order valence-electron chi connectivity index (χ0n) is 12.3. The van der Waals surface area contributed by atoms with Crippen molar-refractivity contribution in [2.75, 3.05) is 5.32 Å². The summed E-state index contributed by atoms with van der Waals surface area (Å²) in [6.07, 6.45) is 1.92. The number of nitrogens with zero attached hydrogens (tertiary/aromatic N) is 1. The van der Waals surface area contributed by atoms with Crippen molar-refractivity contribution in [3.63, 3.8) is 0 Å². The molecule has 0 amide bonds. The number of hydrogen-bond donors (Lipinski definition) is 2. The fourth-order valence-electron chi connectivity index (χ4n) is 2.63. The minimum absolute atomic E-state index is 0.673. The molecule has 0 atom stereocenters. The fourth-order valence-corrected chi connectivity index (χ4v) is 2.82. The number of fused-ring (bicyclic) bond motifs is 1. The maximum absolute atomic E-state index is 6.21. The van der Waals surface area contributed by atoms with Gasteiger partial charge < -0.3 is 10.3 Å². The largest absolute Gasteiger partial charge is 0.361 e. The average molecular weight is 320 g/mol. The summed E-state index contributed by atoms with van der Waals surface area (Å²) in [6, 6.07) is 21.9. The van der Waals surface area contributed by atoms with Gasteiger partial charge in [-0.25, -0.2) is 4.98 Å². The van der Waals surface area contributed by atoms with Crippen molar-refractivity contribution in [1.82, 2.24) is 9.97 Å². The van der Waals surface area contributed by atoms with Crippen molar-refractivity contribution in [3.8, 4) is 11.3 Å². The first kappa shape index (κ1) is 13.9. The second kappa shape index (κ2) is 5.78. The Morgan fingerprint density at radius 1 is 0.870 bits per heavy atom. The molecule has 0 fully saturated rings. The van der Waals surface area contributed by atoms with E-state index in [0.717, 1.165) is 33.7 Å². The van der Waals surface area contributed by atoms with Crippen molar-refractivity contribution in [2.45, 2.75) is 0 Å². The number of nitrogens with one attached hydrogen (secondary N) is 2. The number of H-pyrrole nitrogens is 1. The summed E-state index contributed by atoms with van der Waals surface area (Å²) >= 11 is 6.21. The van der Waals surface area contributed by atoms with Gasteiger partial charge >= 0.3 is 0 Å². The highest BCUT2D eigenvalue weighted by Gasteiger charge is 2.07. The number of para-hydroxylation sites is 2. The van der Waals surface area contributed by atoms with Crippen molar-refractivity contribution in [2.24, 2.45) is 0 Å². The lowest BCUT2D eigenvalue weighted by atomic mass is 10.1. The van der Waals surface area contributed by atoms with E-state index in [0.29, 0.717) is 5.02 Å². The Morgan fingerprint density at radius 2 is 1.78 bits per heavy atom. The fraction of sp³-hybridized carbons (Fsp3) is 0. The molecule has 4 aromatic rings. The average Bonchev–Trinajstić information content (AvgIpc) is 3.11. The summed E-state index contributed by atoms with van der Waals surface area (Å²) in [5, 5.41) is 5.06. The van der Waals surface area contributed by atoms with Crippen molar-refractivity contribution < 1.29 is 0 Å². The van der Waals surface area contributed by atoms with Crippen LogP contribution >= 0.6 is 11.6 Å². The predicted octanol–water partition coefficient (Wildman–Crippen LogP) is 5.63. The van der Waals surface area contributed by atoms with Crippen molar-refractivity contribution in [3.05, 3.63) is 77.9 Å². The minimum atomic E-state index is 0.673. The van der Waals surface area contributed by atoms with Crippen molar-refractivity contribution in [1.29, 1.82) is 0 Å². The van der Waals surface area contributed by atoms with Gasteiger partial charge in [-0.1, -0.05) is 41.9 Å². The van der Waals surface area contributed by atoms with Crippen molar-refractivity contribution >= 4 is 34.0 Å². The van der Waals surface area contributed by atoms with Crippen LogP contribution in [0.15, 0.2) is 72.9 Å². The van der Waals surface area contributed by atoms with E-state index in [1.165, 1.54) is 0 Å². The Morgan fingerprint density at radius 3 is 2.61 bits per heavy atom. The Labute approximate surface area is 139 Å². The third-order valence-electron chi connectivity index (χ3n) is 3.74. The smallest absolute Gasteiger partial charge is 0.131 e. The van der Waals surface area contributed by atoms with Gasteiger partial charge in [0.25, 0.3) is 0 Å². The van der Waals surface area contributed by atoms with Gasteiger partial charge in [-0.3, -0.25) is 0 Å². The summed E-state index contributed by atoms with van der Waals surface area (Å²) in [6.45, 7) is 0. The van der Waals surface area contributed by atoms with Gasteiger partial charge in [0.1, 0.15) is 5.82 Å². The van der Waals surface area contributed by atoms with E-state index >= 15 is 0 Å². The van der Waals surface area contributed by atoms with Crippen LogP contribution in [-0.4, -0.2) is 9.97 Å². The highest BCUT2D eigenvalue weighted by Crippen LogP contribution is 2.29. The first-order valence-corrected chi connectivity index (χ1v) is 7.74. The molecule has 4 rings (SSSR count). The molecular weight excluding hydrogens is 306 g/mol. The van der Waals surface area contributed by atoms with Crippen LogP contribution in [0.4, 0.5) is 11.5 Å². The van der Waals surface area contributed by atoms with E-state index in [-0.39, 0.29) is 0 Å². The molecule has 4 heteroatoms. The summed E-state index contributed by atoms with van der Waals surface area (Å²) in [5.74, 6) is 0.768. The van der Waals surface area contributed by atoms with Gasteiger partial charge in [0.2, 0.25) is 0 Å². The normalized spacial score (nSPS) is 10.8. The standard InChI is InChI=1S/C19H14ClN3/c20-15-7-1-2-8-17(15)22-18-11-10-13-5-3-6-14(19(13)23-18)16-9-4-12-21-16/h1-12,21H,(H,22,23). The minimum Gasteiger partial charge on any atom is -0.361 e. The zero-order valence-corrected chi connectivity index (χ0v) is 13.0. The second-order valence-corrected chi connectivity index (χ2v) is 5.67. The van der Waals surface area contributed by atoms with Crippen LogP contribution in [-0.2, 0) is 0 Å². The monoisotopic (exact) mass is 319 g/mol. The summed E-state index contributed by atoms with van der Waals surface area (Å²) < 4.78 is 0. The van der Waals surface area contributed by atoms with Crippen LogP contribution in [0.2, 0.25) is 5.02 Å². The number of rotatable bonds is 3. The molecule has 0 aliphatic rings. The lowest BCUT2D eigenvalue weighted by molar-refractivity contribution is 1.35. The summed E-state index contributed by atoms with van der Waals surface area (Å²) in [7, 11) is 0. The van der Waals surface area contributed by atoms with Crippen LogP contribution in [0, 0.1) is 0 Å². The van der Waals surface area contributed by atoms with Gasteiger partial charge in [-0.15, -0.1) is 0 Å². The first-order chi connectivity index (χ1) is 11.3. The molecule has 0 aliphatic carbocycles. The Bertz CT molecular complexity index is 961. The molecule has 0 bridgehead atoms. The lowest BCUT2D eigenvalue weighted by Gasteiger charge is -2.10. The molecule has 0 unspecified atom stereocenters. The van der Waals surface area contributed by atoms with E-state index < -0.39 is 0 Å². The van der Waals surface area contributed by atoms with Gasteiger partial charge in [0, 0.05) is 22.8 Å². The topological polar surface area (TPSA) is 40.7 Å². The molecule has 2 N–H and O–H groups in total. The number of pyridine rings is 1. The predicted molar refractivity (Wildman–Crippen MR) is 96.3 cm³/mol. The maximum Gasteiger partial charge on any atom is 0.131 e. The number of benzene rings is 2. The van der Waals surface area contributed by atoms with Gasteiger partial charge in [-0.05, 0) is 36.4 Å². The molecule has 0 saturated heterocycles. The summed E-state index contributed by atoms with van der Waals surface area (Å²) in [4.78, 5) is 8.02. The molecule has 0 spiro atoms. The molecule has 2 aromatic carbocycles.